The van der Waals surface area contributed by atoms with Crippen LogP contribution in [0.4, 0.5) is 11.4 Å². The Morgan fingerprint density at radius 1 is 1.14 bits per heavy atom. The van der Waals surface area contributed by atoms with Crippen molar-refractivity contribution in [2.45, 2.75) is 18.2 Å². The van der Waals surface area contributed by atoms with Gasteiger partial charge in [0.25, 0.3) is 0 Å². The summed E-state index contributed by atoms with van der Waals surface area (Å²) >= 11 is 15.3. The van der Waals surface area contributed by atoms with Crippen LogP contribution >= 0.6 is 36.4 Å². The monoisotopic (exact) mass is 452 g/mol. The molecule has 0 fully saturated rings. The fraction of sp³-hybridized carbons (Fsp3) is 0.211. The van der Waals surface area contributed by atoms with Gasteiger partial charge in [-0.3, -0.25) is 20.4 Å². The van der Waals surface area contributed by atoms with Gasteiger partial charge in [-0.2, -0.15) is 12.6 Å². The SMILES string of the molecule is COc1ccc(NC(S)CC(=O)CC(=O)NNC(=S)Nc2cccc(Cl)c2)cc1. The van der Waals surface area contributed by atoms with Crippen LogP contribution in [0.25, 0.3) is 0 Å². The third kappa shape index (κ3) is 8.59. The van der Waals surface area contributed by atoms with Gasteiger partial charge in [-0.15, -0.1) is 0 Å². The Bertz CT molecular complexity index is 865. The Balaban J connectivity index is 1.69. The van der Waals surface area contributed by atoms with Crippen LogP contribution in [0.15, 0.2) is 48.5 Å². The number of anilines is 2. The van der Waals surface area contributed by atoms with E-state index in [1.165, 1.54) is 0 Å². The number of thiocarbonyl (C=S) groups is 1. The second-order valence-corrected chi connectivity index (χ2v) is 7.41. The Morgan fingerprint density at radius 2 is 1.86 bits per heavy atom. The molecule has 0 radical (unpaired) electrons. The fourth-order valence-electron chi connectivity index (χ4n) is 2.30. The number of carbonyl (C=O) groups is 2. The lowest BCUT2D eigenvalue weighted by Gasteiger charge is -2.14. The quantitative estimate of drug-likeness (QED) is 0.138. The third-order valence-electron chi connectivity index (χ3n) is 3.60. The van der Waals surface area contributed by atoms with Crippen molar-refractivity contribution < 1.29 is 14.3 Å². The van der Waals surface area contributed by atoms with Gasteiger partial charge in [-0.1, -0.05) is 17.7 Å². The van der Waals surface area contributed by atoms with Crippen molar-refractivity contribution in [3.8, 4) is 5.75 Å². The molecule has 0 spiro atoms. The maximum absolute atomic E-state index is 12.1. The van der Waals surface area contributed by atoms with Gasteiger partial charge >= 0.3 is 0 Å². The van der Waals surface area contributed by atoms with E-state index in [0.29, 0.717) is 10.7 Å². The van der Waals surface area contributed by atoms with Crippen molar-refractivity contribution in [3.05, 3.63) is 53.6 Å². The van der Waals surface area contributed by atoms with E-state index >= 15 is 0 Å². The Hall–Kier alpha value is -2.49. The highest BCUT2D eigenvalue weighted by Crippen LogP contribution is 2.18. The van der Waals surface area contributed by atoms with Crippen LogP contribution in [0.2, 0.25) is 5.02 Å². The Kier molecular flexibility index (Phi) is 9.04. The summed E-state index contributed by atoms with van der Waals surface area (Å²) in [5, 5.41) is 6.23. The van der Waals surface area contributed by atoms with E-state index in [1.54, 1.807) is 43.5 Å². The standard InChI is InChI=1S/C19H21ClN4O3S2/c1-27-16-7-5-13(6-8-16)21-18(28)11-15(25)10-17(26)23-24-19(29)22-14-4-2-3-12(20)9-14/h2-9,18,21,28H,10-11H2,1H3,(H,23,26)(H2,22,24,29). The summed E-state index contributed by atoms with van der Waals surface area (Å²) in [7, 11) is 1.59. The Morgan fingerprint density at radius 3 is 2.52 bits per heavy atom. The van der Waals surface area contributed by atoms with E-state index in [9.17, 15) is 9.59 Å². The molecule has 29 heavy (non-hydrogen) atoms. The molecule has 0 aliphatic carbocycles. The normalized spacial score (nSPS) is 11.1. The highest BCUT2D eigenvalue weighted by Gasteiger charge is 2.14. The van der Waals surface area contributed by atoms with Crippen LogP contribution in [0.5, 0.6) is 5.75 Å². The first-order chi connectivity index (χ1) is 13.9. The van der Waals surface area contributed by atoms with Crippen LogP contribution in [-0.2, 0) is 9.59 Å². The number of rotatable bonds is 8. The number of hydrogen-bond donors (Lipinski definition) is 5. The fourth-order valence-corrected chi connectivity index (χ4v) is 3.01. The summed E-state index contributed by atoms with van der Waals surface area (Å²) in [5.74, 6) is -0.0384. The summed E-state index contributed by atoms with van der Waals surface area (Å²) in [4.78, 5) is 24.0. The topological polar surface area (TPSA) is 91.5 Å². The van der Waals surface area contributed by atoms with E-state index in [-0.39, 0.29) is 23.7 Å². The zero-order valence-electron chi connectivity index (χ0n) is 15.6. The molecule has 2 aromatic carbocycles. The molecule has 1 amide bonds. The van der Waals surface area contributed by atoms with Gasteiger partial charge in [0, 0.05) is 22.8 Å². The number of benzene rings is 2. The maximum Gasteiger partial charge on any atom is 0.245 e. The van der Waals surface area contributed by atoms with Crippen molar-refractivity contribution in [1.82, 2.24) is 10.9 Å². The zero-order valence-corrected chi connectivity index (χ0v) is 18.0. The van der Waals surface area contributed by atoms with Crippen molar-refractivity contribution in [2.24, 2.45) is 0 Å². The first kappa shape index (κ1) is 22.8. The molecular weight excluding hydrogens is 432 g/mol. The van der Waals surface area contributed by atoms with Crippen LogP contribution in [0, 0.1) is 0 Å². The highest BCUT2D eigenvalue weighted by molar-refractivity contribution is 7.81. The van der Waals surface area contributed by atoms with Crippen LogP contribution in [0.3, 0.4) is 0 Å². The van der Waals surface area contributed by atoms with Gasteiger partial charge in [0.2, 0.25) is 5.91 Å². The number of carbonyl (C=O) groups excluding carboxylic acids is 2. The number of ether oxygens (including phenoxy) is 1. The van der Waals surface area contributed by atoms with Crippen molar-refractivity contribution >= 4 is 64.6 Å². The Labute approximate surface area is 184 Å². The molecule has 0 saturated heterocycles. The van der Waals surface area contributed by atoms with Gasteiger partial charge in [0.1, 0.15) is 11.5 Å². The number of hydrazine groups is 1. The molecule has 10 heteroatoms. The molecule has 2 aromatic rings. The third-order valence-corrected chi connectivity index (χ3v) is 4.35. The molecule has 7 nitrogen and oxygen atoms in total. The number of ketones is 1. The maximum atomic E-state index is 12.1. The van der Waals surface area contributed by atoms with Crippen LogP contribution in [-0.4, -0.2) is 29.3 Å². The minimum atomic E-state index is -0.504. The van der Waals surface area contributed by atoms with E-state index in [4.69, 9.17) is 28.6 Å². The number of halogens is 1. The predicted molar refractivity (Wildman–Crippen MR) is 123 cm³/mol. The number of nitrogens with one attached hydrogen (secondary N) is 4. The molecule has 154 valence electrons. The first-order valence-electron chi connectivity index (χ1n) is 8.57. The van der Waals surface area contributed by atoms with E-state index < -0.39 is 11.3 Å². The van der Waals surface area contributed by atoms with Crippen molar-refractivity contribution in [3.63, 3.8) is 0 Å². The zero-order chi connectivity index (χ0) is 21.2. The van der Waals surface area contributed by atoms with Crippen LogP contribution < -0.4 is 26.2 Å². The van der Waals surface area contributed by atoms with Crippen LogP contribution in [0.1, 0.15) is 12.8 Å². The summed E-state index contributed by atoms with van der Waals surface area (Å²) < 4.78 is 5.09. The van der Waals surface area contributed by atoms with E-state index in [2.05, 4.69) is 34.1 Å². The first-order valence-corrected chi connectivity index (χ1v) is 9.87. The number of amides is 1. The molecular formula is C19H21ClN4O3S2. The van der Waals surface area contributed by atoms with Gasteiger partial charge in [0.05, 0.1) is 18.9 Å². The summed E-state index contributed by atoms with van der Waals surface area (Å²) in [5.41, 5.74) is 6.38. The smallest absolute Gasteiger partial charge is 0.245 e. The number of methoxy groups -OCH3 is 1. The lowest BCUT2D eigenvalue weighted by Crippen LogP contribution is -2.44. The number of Topliss-reactive ketones (excluding diaryl/α,β-unsaturated/α-hetero) is 1. The summed E-state index contributed by atoms with van der Waals surface area (Å²) in [6.07, 6.45) is -0.220. The molecule has 0 heterocycles. The largest absolute Gasteiger partial charge is 0.497 e. The van der Waals surface area contributed by atoms with Gasteiger partial charge in [-0.05, 0) is 54.7 Å². The lowest BCUT2D eigenvalue weighted by molar-refractivity contribution is -0.128. The second kappa shape index (κ2) is 11.5. The minimum Gasteiger partial charge on any atom is -0.497 e. The van der Waals surface area contributed by atoms with Gasteiger partial charge < -0.3 is 15.4 Å². The van der Waals surface area contributed by atoms with Crippen molar-refractivity contribution in [2.75, 3.05) is 17.7 Å². The summed E-state index contributed by atoms with van der Waals surface area (Å²) in [6.45, 7) is 0. The average Bonchev–Trinajstić information content (AvgIpc) is 2.66. The molecule has 0 saturated carbocycles. The van der Waals surface area contributed by atoms with Gasteiger partial charge in [0.15, 0.2) is 5.11 Å². The molecule has 1 unspecified atom stereocenters. The van der Waals surface area contributed by atoms with Crippen molar-refractivity contribution in [1.29, 1.82) is 0 Å². The van der Waals surface area contributed by atoms with Gasteiger partial charge in [-0.25, -0.2) is 0 Å². The highest BCUT2D eigenvalue weighted by atomic mass is 35.5. The summed E-state index contributed by atoms with van der Waals surface area (Å²) in [6, 6.07) is 14.2. The molecule has 2 rings (SSSR count). The van der Waals surface area contributed by atoms with E-state index in [1.807, 2.05) is 12.1 Å². The van der Waals surface area contributed by atoms with E-state index in [0.717, 1.165) is 11.4 Å². The molecule has 0 aromatic heterocycles. The predicted octanol–water partition coefficient (Wildman–Crippen LogP) is 3.38. The minimum absolute atomic E-state index is 0.0772. The molecule has 0 bridgehead atoms. The number of hydrogen-bond acceptors (Lipinski definition) is 6. The average molecular weight is 453 g/mol. The second-order valence-electron chi connectivity index (χ2n) is 5.95. The molecule has 0 aliphatic heterocycles. The number of thiol groups is 1. The lowest BCUT2D eigenvalue weighted by atomic mass is 10.2. The molecule has 0 aliphatic rings. The molecule has 1 atom stereocenters. The molecule has 4 N–H and O–H groups in total.